The molecule has 1 aromatic carbocycles. The molecule has 2 heterocycles. The molecule has 0 saturated carbocycles. The molecule has 2 aromatic rings. The summed E-state index contributed by atoms with van der Waals surface area (Å²) in [6, 6.07) is 4.20. The Morgan fingerprint density at radius 2 is 1.87 bits per heavy atom. The third kappa shape index (κ3) is 5.52. The van der Waals surface area contributed by atoms with E-state index in [1.807, 2.05) is 6.92 Å². The van der Waals surface area contributed by atoms with Crippen LogP contribution < -0.4 is 10.1 Å². The number of hydrogen-bond acceptors (Lipinski definition) is 4. The first-order valence-electron chi connectivity index (χ1n) is 9.67. The molecule has 1 saturated heterocycles. The van der Waals surface area contributed by atoms with Crippen molar-refractivity contribution in [3.8, 4) is 5.75 Å². The molecule has 30 heavy (non-hydrogen) atoms. The van der Waals surface area contributed by atoms with Crippen LogP contribution in [0.4, 0.5) is 18.9 Å². The number of aryl methyl sites for hydroxylation is 1. The van der Waals surface area contributed by atoms with Crippen LogP contribution in [-0.4, -0.2) is 46.2 Å². The number of anilines is 1. The Labute approximate surface area is 171 Å². The molecule has 2 amide bonds. The van der Waals surface area contributed by atoms with Crippen molar-refractivity contribution in [2.75, 3.05) is 25.0 Å². The second-order valence-electron chi connectivity index (χ2n) is 7.04. The number of aromatic nitrogens is 2. The van der Waals surface area contributed by atoms with Crippen LogP contribution in [0.1, 0.15) is 25.3 Å². The Kier molecular flexibility index (Phi) is 6.63. The average Bonchev–Trinajstić information content (AvgIpc) is 3.19. The second-order valence-corrected chi connectivity index (χ2v) is 7.04. The first-order valence-corrected chi connectivity index (χ1v) is 9.67. The van der Waals surface area contributed by atoms with E-state index < -0.39 is 11.7 Å². The van der Waals surface area contributed by atoms with Gasteiger partial charge in [-0.2, -0.15) is 18.3 Å². The van der Waals surface area contributed by atoms with Crippen LogP contribution in [0.15, 0.2) is 36.7 Å². The smallest absolute Gasteiger partial charge is 0.416 e. The lowest BCUT2D eigenvalue weighted by Crippen LogP contribution is -2.43. The molecule has 0 radical (unpaired) electrons. The number of nitrogens with zero attached hydrogens (tertiary/aromatic N) is 3. The molecule has 0 aliphatic carbocycles. The Balaban J connectivity index is 1.43. The minimum atomic E-state index is -4.42. The summed E-state index contributed by atoms with van der Waals surface area (Å²) in [6.45, 7) is 3.24. The molecule has 1 fully saturated rings. The fraction of sp³-hybridized carbons (Fsp3) is 0.450. The van der Waals surface area contributed by atoms with E-state index in [-0.39, 0.29) is 30.1 Å². The molecule has 3 rings (SSSR count). The maximum Gasteiger partial charge on any atom is 0.416 e. The van der Waals surface area contributed by atoms with Crippen molar-refractivity contribution in [3.63, 3.8) is 0 Å². The lowest BCUT2D eigenvalue weighted by atomic mass is 9.96. The Morgan fingerprint density at radius 3 is 2.43 bits per heavy atom. The molecule has 162 valence electrons. The van der Waals surface area contributed by atoms with Crippen LogP contribution in [0, 0.1) is 5.92 Å². The Hall–Kier alpha value is -3.04. The van der Waals surface area contributed by atoms with Gasteiger partial charge in [-0.3, -0.25) is 14.3 Å². The zero-order chi connectivity index (χ0) is 21.7. The fourth-order valence-electron chi connectivity index (χ4n) is 3.21. The second kappa shape index (κ2) is 9.19. The van der Waals surface area contributed by atoms with Gasteiger partial charge in [0.15, 0.2) is 6.61 Å². The van der Waals surface area contributed by atoms with E-state index >= 15 is 0 Å². The number of amides is 2. The van der Waals surface area contributed by atoms with Crippen molar-refractivity contribution in [2.45, 2.75) is 32.5 Å². The third-order valence-corrected chi connectivity index (χ3v) is 4.99. The fourth-order valence-corrected chi connectivity index (χ4v) is 3.21. The summed E-state index contributed by atoms with van der Waals surface area (Å²) >= 11 is 0. The molecule has 1 aliphatic heterocycles. The van der Waals surface area contributed by atoms with Crippen molar-refractivity contribution in [2.24, 2.45) is 5.92 Å². The molecule has 0 atom stereocenters. The van der Waals surface area contributed by atoms with Gasteiger partial charge in [0, 0.05) is 31.7 Å². The van der Waals surface area contributed by atoms with Gasteiger partial charge >= 0.3 is 6.18 Å². The van der Waals surface area contributed by atoms with E-state index in [9.17, 15) is 22.8 Å². The van der Waals surface area contributed by atoms with Crippen LogP contribution in [0.5, 0.6) is 5.75 Å². The van der Waals surface area contributed by atoms with E-state index in [0.717, 1.165) is 12.1 Å². The molecule has 0 unspecified atom stereocenters. The van der Waals surface area contributed by atoms with Gasteiger partial charge in [0.1, 0.15) is 5.75 Å². The van der Waals surface area contributed by atoms with Gasteiger partial charge in [0.25, 0.3) is 5.91 Å². The van der Waals surface area contributed by atoms with Crippen molar-refractivity contribution >= 4 is 17.5 Å². The van der Waals surface area contributed by atoms with E-state index in [0.29, 0.717) is 38.2 Å². The van der Waals surface area contributed by atoms with Crippen molar-refractivity contribution in [3.05, 3.63) is 42.2 Å². The molecule has 1 aromatic heterocycles. The van der Waals surface area contributed by atoms with Gasteiger partial charge in [-0.15, -0.1) is 0 Å². The quantitative estimate of drug-likeness (QED) is 0.773. The van der Waals surface area contributed by atoms with E-state index in [1.54, 1.807) is 22.0 Å². The molecule has 0 spiro atoms. The van der Waals surface area contributed by atoms with Crippen molar-refractivity contribution in [1.82, 2.24) is 14.7 Å². The molecule has 1 N–H and O–H groups in total. The number of carbonyl (C=O) groups is 2. The molecule has 1 aliphatic rings. The number of halogens is 3. The van der Waals surface area contributed by atoms with Crippen molar-refractivity contribution < 1.29 is 27.5 Å². The maximum absolute atomic E-state index is 12.6. The lowest BCUT2D eigenvalue weighted by molar-refractivity contribution is -0.138. The molecule has 10 heteroatoms. The van der Waals surface area contributed by atoms with Gasteiger partial charge in [0.2, 0.25) is 5.91 Å². The Morgan fingerprint density at radius 1 is 1.20 bits per heavy atom. The number of rotatable bonds is 6. The summed E-state index contributed by atoms with van der Waals surface area (Å²) < 4.78 is 44.7. The highest BCUT2D eigenvalue weighted by Gasteiger charge is 2.30. The minimum Gasteiger partial charge on any atom is -0.484 e. The topological polar surface area (TPSA) is 76.5 Å². The summed E-state index contributed by atoms with van der Waals surface area (Å²) in [6.07, 6.45) is -0.00517. The summed E-state index contributed by atoms with van der Waals surface area (Å²) in [4.78, 5) is 26.3. The zero-order valence-electron chi connectivity index (χ0n) is 16.5. The van der Waals surface area contributed by atoms with Gasteiger partial charge in [-0.05, 0) is 44.0 Å². The van der Waals surface area contributed by atoms with Crippen LogP contribution in [0.2, 0.25) is 0 Å². The van der Waals surface area contributed by atoms with Gasteiger partial charge < -0.3 is 15.0 Å². The number of carbonyl (C=O) groups excluding carboxylic acids is 2. The number of ether oxygens (including phenoxy) is 1. The number of hydrogen-bond donors (Lipinski definition) is 1. The van der Waals surface area contributed by atoms with E-state index in [2.05, 4.69) is 10.4 Å². The summed E-state index contributed by atoms with van der Waals surface area (Å²) in [5.41, 5.74) is -0.131. The molecule has 0 bridgehead atoms. The standard InChI is InChI=1S/C20H23F3N4O3/c1-2-27-12-16(11-24-27)25-19(29)14-7-9-26(10-8-14)18(28)13-30-17-5-3-15(4-6-17)20(21,22)23/h3-6,11-12,14H,2,7-10,13H2,1H3,(H,25,29). The van der Waals surface area contributed by atoms with Crippen LogP contribution in [-0.2, 0) is 22.3 Å². The highest BCUT2D eigenvalue weighted by Crippen LogP contribution is 2.30. The van der Waals surface area contributed by atoms with Crippen molar-refractivity contribution in [1.29, 1.82) is 0 Å². The predicted molar refractivity (Wildman–Crippen MR) is 103 cm³/mol. The van der Waals surface area contributed by atoms with E-state index in [1.165, 1.54) is 12.1 Å². The average molecular weight is 424 g/mol. The van der Waals surface area contributed by atoms with Crippen LogP contribution in [0.25, 0.3) is 0 Å². The largest absolute Gasteiger partial charge is 0.484 e. The number of benzene rings is 1. The summed E-state index contributed by atoms with van der Waals surface area (Å²) in [5.74, 6) is -0.371. The summed E-state index contributed by atoms with van der Waals surface area (Å²) in [5, 5.41) is 6.95. The predicted octanol–water partition coefficient (Wildman–Crippen LogP) is 3.18. The number of alkyl halides is 3. The molecular formula is C20H23F3N4O3. The monoisotopic (exact) mass is 424 g/mol. The lowest BCUT2D eigenvalue weighted by Gasteiger charge is -2.31. The first kappa shape index (κ1) is 21.7. The molecule has 7 nitrogen and oxygen atoms in total. The van der Waals surface area contributed by atoms with Crippen LogP contribution in [0.3, 0.4) is 0 Å². The van der Waals surface area contributed by atoms with Crippen LogP contribution >= 0.6 is 0 Å². The number of nitrogens with one attached hydrogen (secondary N) is 1. The summed E-state index contributed by atoms with van der Waals surface area (Å²) in [7, 11) is 0. The zero-order valence-corrected chi connectivity index (χ0v) is 16.5. The highest BCUT2D eigenvalue weighted by molar-refractivity contribution is 5.92. The third-order valence-electron chi connectivity index (χ3n) is 4.99. The Bertz CT molecular complexity index is 872. The molecular weight excluding hydrogens is 401 g/mol. The number of likely N-dealkylation sites (tertiary alicyclic amines) is 1. The normalized spacial score (nSPS) is 15.1. The van der Waals surface area contributed by atoms with E-state index in [4.69, 9.17) is 4.74 Å². The highest BCUT2D eigenvalue weighted by atomic mass is 19.4. The van der Waals surface area contributed by atoms with Gasteiger partial charge in [-0.1, -0.05) is 0 Å². The van der Waals surface area contributed by atoms with Gasteiger partial charge in [0.05, 0.1) is 17.4 Å². The number of piperidine rings is 1. The van der Waals surface area contributed by atoms with Gasteiger partial charge in [-0.25, -0.2) is 0 Å². The maximum atomic E-state index is 12.6. The minimum absolute atomic E-state index is 0.0984. The first-order chi connectivity index (χ1) is 14.3. The SMILES string of the molecule is CCn1cc(NC(=O)C2CCN(C(=O)COc3ccc(C(F)(F)F)cc3)CC2)cn1.